The van der Waals surface area contributed by atoms with Gasteiger partial charge < -0.3 is 10.1 Å². The van der Waals surface area contributed by atoms with Gasteiger partial charge in [-0.25, -0.2) is 0 Å². The van der Waals surface area contributed by atoms with E-state index in [0.717, 1.165) is 42.6 Å². The lowest BCUT2D eigenvalue weighted by atomic mass is 9.85. The number of rotatable bonds is 8. The van der Waals surface area contributed by atoms with Crippen LogP contribution in [0.1, 0.15) is 38.2 Å². The number of nitrogens with one attached hydrogen (secondary N) is 1. The van der Waals surface area contributed by atoms with E-state index in [1.807, 2.05) is 0 Å². The van der Waals surface area contributed by atoms with Gasteiger partial charge in [-0.2, -0.15) is 0 Å². The second-order valence-electron chi connectivity index (χ2n) is 6.19. The molecule has 1 aromatic carbocycles. The standard InChI is InChI=1S/C18H28BrNO/c1-2-9-20-14-17(13-16-7-10-21-11-8-16)12-15-3-5-18(19)6-4-15/h3-6,16-17,20H,2,7-14H2,1H3. The molecule has 0 amide bonds. The van der Waals surface area contributed by atoms with E-state index >= 15 is 0 Å². The lowest BCUT2D eigenvalue weighted by Gasteiger charge is -2.27. The Morgan fingerprint density at radius 1 is 1.24 bits per heavy atom. The van der Waals surface area contributed by atoms with E-state index in [4.69, 9.17) is 4.74 Å². The highest BCUT2D eigenvalue weighted by Gasteiger charge is 2.19. The summed E-state index contributed by atoms with van der Waals surface area (Å²) < 4.78 is 6.65. The molecule has 1 fully saturated rings. The van der Waals surface area contributed by atoms with Crippen LogP contribution in [0.15, 0.2) is 28.7 Å². The van der Waals surface area contributed by atoms with Crippen LogP contribution in [0.2, 0.25) is 0 Å². The predicted octanol–water partition coefficient (Wildman–Crippen LogP) is 4.42. The fourth-order valence-corrected chi connectivity index (χ4v) is 3.39. The van der Waals surface area contributed by atoms with Gasteiger partial charge in [0.05, 0.1) is 0 Å². The summed E-state index contributed by atoms with van der Waals surface area (Å²) in [6.07, 6.45) is 6.20. The first-order valence-corrected chi connectivity index (χ1v) is 9.10. The second-order valence-corrected chi connectivity index (χ2v) is 7.11. The van der Waals surface area contributed by atoms with Crippen LogP contribution in [0.4, 0.5) is 0 Å². The van der Waals surface area contributed by atoms with Gasteiger partial charge in [0.2, 0.25) is 0 Å². The molecule has 1 aromatic rings. The van der Waals surface area contributed by atoms with Crippen molar-refractivity contribution in [1.82, 2.24) is 5.32 Å². The van der Waals surface area contributed by atoms with Gasteiger partial charge in [-0.3, -0.25) is 0 Å². The average molecular weight is 354 g/mol. The van der Waals surface area contributed by atoms with Gasteiger partial charge in [-0.15, -0.1) is 0 Å². The zero-order valence-electron chi connectivity index (χ0n) is 13.1. The summed E-state index contributed by atoms with van der Waals surface area (Å²) in [5, 5.41) is 3.62. The first-order valence-electron chi connectivity index (χ1n) is 8.30. The maximum Gasteiger partial charge on any atom is 0.0468 e. The molecule has 1 saturated heterocycles. The topological polar surface area (TPSA) is 21.3 Å². The Hall–Kier alpha value is -0.380. The smallest absolute Gasteiger partial charge is 0.0468 e. The van der Waals surface area contributed by atoms with Gasteiger partial charge in [-0.05, 0) is 74.7 Å². The predicted molar refractivity (Wildman–Crippen MR) is 92.7 cm³/mol. The van der Waals surface area contributed by atoms with Gasteiger partial charge in [0.1, 0.15) is 0 Å². The molecule has 1 aliphatic rings. The Bertz CT molecular complexity index is 387. The molecule has 0 radical (unpaired) electrons. The number of ether oxygens (including phenoxy) is 1. The number of hydrogen-bond acceptors (Lipinski definition) is 2. The molecule has 1 atom stereocenters. The number of hydrogen-bond donors (Lipinski definition) is 1. The fraction of sp³-hybridized carbons (Fsp3) is 0.667. The van der Waals surface area contributed by atoms with E-state index in [-0.39, 0.29) is 0 Å². The van der Waals surface area contributed by atoms with Crippen molar-refractivity contribution in [2.24, 2.45) is 11.8 Å². The fourth-order valence-electron chi connectivity index (χ4n) is 3.13. The molecular weight excluding hydrogens is 326 g/mol. The van der Waals surface area contributed by atoms with Crippen molar-refractivity contribution in [2.75, 3.05) is 26.3 Å². The van der Waals surface area contributed by atoms with Crippen LogP contribution >= 0.6 is 15.9 Å². The maximum atomic E-state index is 5.49. The molecule has 3 heteroatoms. The zero-order chi connectivity index (χ0) is 14.9. The Kier molecular flexibility index (Phi) is 7.76. The molecule has 1 heterocycles. The minimum atomic E-state index is 0.737. The van der Waals surface area contributed by atoms with Crippen molar-refractivity contribution in [3.05, 3.63) is 34.3 Å². The third-order valence-corrected chi connectivity index (χ3v) is 4.83. The van der Waals surface area contributed by atoms with Crippen molar-refractivity contribution < 1.29 is 4.74 Å². The summed E-state index contributed by atoms with van der Waals surface area (Å²) in [6.45, 7) is 6.41. The van der Waals surface area contributed by atoms with Crippen molar-refractivity contribution in [3.63, 3.8) is 0 Å². The Morgan fingerprint density at radius 3 is 2.62 bits per heavy atom. The van der Waals surface area contributed by atoms with E-state index in [1.165, 1.54) is 37.7 Å². The van der Waals surface area contributed by atoms with Gasteiger partial charge in [0.25, 0.3) is 0 Å². The molecule has 2 nitrogen and oxygen atoms in total. The molecule has 0 aromatic heterocycles. The molecule has 1 aliphatic heterocycles. The molecule has 0 saturated carbocycles. The van der Waals surface area contributed by atoms with E-state index in [2.05, 4.69) is 52.4 Å². The highest BCUT2D eigenvalue weighted by Crippen LogP contribution is 2.25. The van der Waals surface area contributed by atoms with Crippen molar-refractivity contribution in [2.45, 2.75) is 39.0 Å². The monoisotopic (exact) mass is 353 g/mol. The van der Waals surface area contributed by atoms with E-state index in [1.54, 1.807) is 0 Å². The van der Waals surface area contributed by atoms with Crippen LogP contribution in [0.3, 0.4) is 0 Å². The summed E-state index contributed by atoms with van der Waals surface area (Å²) in [6, 6.07) is 8.81. The lowest BCUT2D eigenvalue weighted by Crippen LogP contribution is -2.28. The molecule has 0 bridgehead atoms. The molecule has 0 aliphatic carbocycles. The minimum absolute atomic E-state index is 0.737. The second kappa shape index (κ2) is 9.60. The summed E-state index contributed by atoms with van der Waals surface area (Å²) in [5.41, 5.74) is 1.45. The highest BCUT2D eigenvalue weighted by atomic mass is 79.9. The molecule has 21 heavy (non-hydrogen) atoms. The van der Waals surface area contributed by atoms with Gasteiger partial charge >= 0.3 is 0 Å². The van der Waals surface area contributed by atoms with Crippen LogP contribution in [-0.4, -0.2) is 26.3 Å². The minimum Gasteiger partial charge on any atom is -0.381 e. The van der Waals surface area contributed by atoms with E-state index < -0.39 is 0 Å². The van der Waals surface area contributed by atoms with Gasteiger partial charge in [0.15, 0.2) is 0 Å². The van der Waals surface area contributed by atoms with Crippen LogP contribution in [-0.2, 0) is 11.2 Å². The lowest BCUT2D eigenvalue weighted by molar-refractivity contribution is 0.0585. The molecule has 2 rings (SSSR count). The quantitative estimate of drug-likeness (QED) is 0.698. The summed E-state index contributed by atoms with van der Waals surface area (Å²) >= 11 is 3.52. The Morgan fingerprint density at radius 2 is 1.95 bits per heavy atom. The van der Waals surface area contributed by atoms with Crippen LogP contribution in [0, 0.1) is 11.8 Å². The number of benzene rings is 1. The van der Waals surface area contributed by atoms with Crippen molar-refractivity contribution >= 4 is 15.9 Å². The first-order chi connectivity index (χ1) is 10.3. The first kappa shape index (κ1) is 17.0. The molecule has 118 valence electrons. The largest absolute Gasteiger partial charge is 0.381 e. The van der Waals surface area contributed by atoms with Gasteiger partial charge in [0, 0.05) is 17.7 Å². The van der Waals surface area contributed by atoms with Crippen LogP contribution in [0.5, 0.6) is 0 Å². The Labute approximate surface area is 137 Å². The molecular formula is C18H28BrNO. The van der Waals surface area contributed by atoms with Crippen LogP contribution in [0.25, 0.3) is 0 Å². The number of halogens is 1. The zero-order valence-corrected chi connectivity index (χ0v) is 14.7. The summed E-state index contributed by atoms with van der Waals surface area (Å²) in [4.78, 5) is 0. The molecule has 0 spiro atoms. The highest BCUT2D eigenvalue weighted by molar-refractivity contribution is 9.10. The third kappa shape index (κ3) is 6.50. The maximum absolute atomic E-state index is 5.49. The van der Waals surface area contributed by atoms with E-state index in [0.29, 0.717) is 0 Å². The summed E-state index contributed by atoms with van der Waals surface area (Å²) in [7, 11) is 0. The van der Waals surface area contributed by atoms with E-state index in [9.17, 15) is 0 Å². The van der Waals surface area contributed by atoms with Gasteiger partial charge in [-0.1, -0.05) is 35.0 Å². The Balaban J connectivity index is 1.88. The van der Waals surface area contributed by atoms with Crippen molar-refractivity contribution in [3.8, 4) is 0 Å². The SMILES string of the molecule is CCCNCC(Cc1ccc(Br)cc1)CC1CCOCC1. The summed E-state index contributed by atoms with van der Waals surface area (Å²) in [5.74, 6) is 1.59. The third-order valence-electron chi connectivity index (χ3n) is 4.30. The average Bonchev–Trinajstić information content (AvgIpc) is 2.51. The normalized spacial score (nSPS) is 17.8. The molecule has 1 N–H and O–H groups in total. The molecule has 1 unspecified atom stereocenters. The van der Waals surface area contributed by atoms with Crippen molar-refractivity contribution in [1.29, 1.82) is 0 Å². The van der Waals surface area contributed by atoms with Crippen LogP contribution < -0.4 is 5.32 Å².